The van der Waals surface area contributed by atoms with E-state index in [2.05, 4.69) is 5.32 Å². The van der Waals surface area contributed by atoms with Crippen LogP contribution in [0.15, 0.2) is 0 Å². The molecule has 1 heterocycles. The van der Waals surface area contributed by atoms with Gasteiger partial charge < -0.3 is 10.4 Å². The van der Waals surface area contributed by atoms with Crippen LogP contribution in [0.2, 0.25) is 0 Å². The SMILES string of the molecule is O=C(O)C1CCCC2(CCNC2=O)C1. The van der Waals surface area contributed by atoms with E-state index in [1.54, 1.807) is 0 Å². The molecule has 1 aliphatic carbocycles. The molecule has 0 radical (unpaired) electrons. The second-order valence-corrected chi connectivity index (χ2v) is 4.42. The van der Waals surface area contributed by atoms with Crippen molar-refractivity contribution in [2.45, 2.75) is 32.1 Å². The lowest BCUT2D eigenvalue weighted by atomic mass is 9.68. The fraction of sp³-hybridized carbons (Fsp3) is 0.800. The largest absolute Gasteiger partial charge is 0.481 e. The van der Waals surface area contributed by atoms with Gasteiger partial charge in [0.05, 0.1) is 11.3 Å². The smallest absolute Gasteiger partial charge is 0.306 e. The van der Waals surface area contributed by atoms with Crippen molar-refractivity contribution in [2.75, 3.05) is 6.54 Å². The maximum Gasteiger partial charge on any atom is 0.306 e. The van der Waals surface area contributed by atoms with Crippen molar-refractivity contribution in [2.24, 2.45) is 11.3 Å². The van der Waals surface area contributed by atoms with Gasteiger partial charge in [-0.3, -0.25) is 9.59 Å². The summed E-state index contributed by atoms with van der Waals surface area (Å²) in [5.74, 6) is -0.986. The zero-order chi connectivity index (χ0) is 10.2. The molecule has 2 rings (SSSR count). The summed E-state index contributed by atoms with van der Waals surface area (Å²) in [6.07, 6.45) is 3.81. The van der Waals surface area contributed by atoms with Gasteiger partial charge in [0.1, 0.15) is 0 Å². The van der Waals surface area contributed by atoms with Crippen molar-refractivity contribution in [1.29, 1.82) is 0 Å². The highest BCUT2D eigenvalue weighted by Crippen LogP contribution is 2.44. The van der Waals surface area contributed by atoms with Crippen molar-refractivity contribution in [1.82, 2.24) is 5.32 Å². The van der Waals surface area contributed by atoms with Gasteiger partial charge in [-0.15, -0.1) is 0 Å². The number of amides is 1. The number of hydrogen-bond donors (Lipinski definition) is 2. The molecule has 2 N–H and O–H groups in total. The van der Waals surface area contributed by atoms with Crippen molar-refractivity contribution in [3.63, 3.8) is 0 Å². The molecule has 4 heteroatoms. The third-order valence-corrected chi connectivity index (χ3v) is 3.57. The summed E-state index contributed by atoms with van der Waals surface area (Å²) >= 11 is 0. The summed E-state index contributed by atoms with van der Waals surface area (Å²) in [7, 11) is 0. The van der Waals surface area contributed by atoms with E-state index in [4.69, 9.17) is 5.11 Å². The van der Waals surface area contributed by atoms with Gasteiger partial charge in [-0.05, 0) is 25.7 Å². The molecule has 2 fully saturated rings. The summed E-state index contributed by atoms with van der Waals surface area (Å²) in [5.41, 5.74) is -0.346. The number of carbonyl (C=O) groups excluding carboxylic acids is 1. The molecule has 2 atom stereocenters. The Morgan fingerprint density at radius 1 is 1.50 bits per heavy atom. The predicted octanol–water partition coefficient (Wildman–Crippen LogP) is 0.767. The summed E-state index contributed by atoms with van der Waals surface area (Å²) in [6, 6.07) is 0. The Balaban J connectivity index is 2.13. The van der Waals surface area contributed by atoms with Gasteiger partial charge in [0.25, 0.3) is 0 Å². The first-order valence-corrected chi connectivity index (χ1v) is 5.15. The molecule has 1 amide bonds. The molecule has 0 aromatic heterocycles. The topological polar surface area (TPSA) is 66.4 Å². The van der Waals surface area contributed by atoms with Crippen LogP contribution < -0.4 is 5.32 Å². The van der Waals surface area contributed by atoms with Crippen LogP contribution in [0.3, 0.4) is 0 Å². The number of rotatable bonds is 1. The quantitative estimate of drug-likeness (QED) is 0.652. The van der Waals surface area contributed by atoms with Gasteiger partial charge in [-0.2, -0.15) is 0 Å². The van der Waals surface area contributed by atoms with Crippen LogP contribution in [0.5, 0.6) is 0 Å². The minimum Gasteiger partial charge on any atom is -0.481 e. The summed E-state index contributed by atoms with van der Waals surface area (Å²) < 4.78 is 0. The minimum atomic E-state index is -0.747. The van der Waals surface area contributed by atoms with Crippen molar-refractivity contribution in [3.8, 4) is 0 Å². The van der Waals surface area contributed by atoms with Crippen molar-refractivity contribution >= 4 is 11.9 Å². The molecule has 14 heavy (non-hydrogen) atoms. The third kappa shape index (κ3) is 1.38. The van der Waals surface area contributed by atoms with Gasteiger partial charge in [0.2, 0.25) is 5.91 Å². The predicted molar refractivity (Wildman–Crippen MR) is 49.7 cm³/mol. The number of nitrogens with one attached hydrogen (secondary N) is 1. The maximum absolute atomic E-state index is 11.6. The molecule has 1 saturated carbocycles. The van der Waals surface area contributed by atoms with Crippen LogP contribution in [-0.4, -0.2) is 23.5 Å². The number of carboxylic acids is 1. The van der Waals surface area contributed by atoms with E-state index in [-0.39, 0.29) is 17.2 Å². The molecule has 0 bridgehead atoms. The van der Waals surface area contributed by atoms with Gasteiger partial charge in [-0.25, -0.2) is 0 Å². The van der Waals surface area contributed by atoms with Crippen LogP contribution in [-0.2, 0) is 9.59 Å². The molecule has 1 aliphatic heterocycles. The second kappa shape index (κ2) is 3.26. The minimum absolute atomic E-state index is 0.0726. The maximum atomic E-state index is 11.6. The summed E-state index contributed by atoms with van der Waals surface area (Å²) in [4.78, 5) is 22.5. The lowest BCUT2D eigenvalue weighted by Crippen LogP contribution is -2.38. The Hall–Kier alpha value is -1.06. The van der Waals surface area contributed by atoms with Gasteiger partial charge >= 0.3 is 5.97 Å². The van der Waals surface area contributed by atoms with Crippen LogP contribution in [0.1, 0.15) is 32.1 Å². The third-order valence-electron chi connectivity index (χ3n) is 3.57. The lowest BCUT2D eigenvalue weighted by molar-refractivity contribution is -0.145. The molecular weight excluding hydrogens is 182 g/mol. The van der Waals surface area contributed by atoms with Crippen LogP contribution in [0.25, 0.3) is 0 Å². The Kier molecular flexibility index (Phi) is 2.21. The van der Waals surface area contributed by atoms with Crippen molar-refractivity contribution in [3.05, 3.63) is 0 Å². The van der Waals surface area contributed by atoms with E-state index in [0.29, 0.717) is 13.0 Å². The van der Waals surface area contributed by atoms with Crippen LogP contribution in [0.4, 0.5) is 0 Å². The van der Waals surface area contributed by atoms with E-state index in [9.17, 15) is 9.59 Å². The molecular formula is C10H15NO3. The number of aliphatic carboxylic acids is 1. The van der Waals surface area contributed by atoms with Gasteiger partial charge in [0, 0.05) is 6.54 Å². The Labute approximate surface area is 82.7 Å². The molecule has 2 unspecified atom stereocenters. The number of hydrogen-bond acceptors (Lipinski definition) is 2. The number of carboxylic acid groups (broad SMARTS) is 1. The Morgan fingerprint density at radius 3 is 2.86 bits per heavy atom. The first-order valence-electron chi connectivity index (χ1n) is 5.15. The highest BCUT2D eigenvalue weighted by molar-refractivity contribution is 5.85. The fourth-order valence-electron chi connectivity index (χ4n) is 2.72. The zero-order valence-corrected chi connectivity index (χ0v) is 8.08. The molecule has 0 aromatic carbocycles. The molecule has 0 aromatic rings. The van der Waals surface area contributed by atoms with E-state index >= 15 is 0 Å². The van der Waals surface area contributed by atoms with E-state index < -0.39 is 5.97 Å². The number of carbonyl (C=O) groups is 2. The highest BCUT2D eigenvalue weighted by atomic mass is 16.4. The summed E-state index contributed by atoms with van der Waals surface area (Å²) in [6.45, 7) is 0.713. The molecule has 4 nitrogen and oxygen atoms in total. The average Bonchev–Trinajstić information content (AvgIpc) is 2.48. The van der Waals surface area contributed by atoms with Gasteiger partial charge in [0.15, 0.2) is 0 Å². The standard InChI is InChI=1S/C10H15NO3/c12-8(13)7-2-1-3-10(6-7)4-5-11-9(10)14/h7H,1-6H2,(H,11,14)(H,12,13). The zero-order valence-electron chi connectivity index (χ0n) is 8.08. The molecule has 1 saturated heterocycles. The highest BCUT2D eigenvalue weighted by Gasteiger charge is 2.46. The molecule has 1 spiro atoms. The van der Waals surface area contributed by atoms with Gasteiger partial charge in [-0.1, -0.05) is 6.42 Å². The van der Waals surface area contributed by atoms with E-state index in [1.165, 1.54) is 0 Å². The van der Waals surface area contributed by atoms with E-state index in [1.807, 2.05) is 0 Å². The summed E-state index contributed by atoms with van der Waals surface area (Å²) in [5, 5.41) is 11.7. The average molecular weight is 197 g/mol. The first kappa shape index (κ1) is 9.49. The van der Waals surface area contributed by atoms with Crippen molar-refractivity contribution < 1.29 is 14.7 Å². The Bertz CT molecular complexity index is 277. The second-order valence-electron chi connectivity index (χ2n) is 4.42. The Morgan fingerprint density at radius 2 is 2.29 bits per heavy atom. The van der Waals surface area contributed by atoms with Crippen LogP contribution >= 0.6 is 0 Å². The molecule has 2 aliphatic rings. The molecule has 78 valence electrons. The fourth-order valence-corrected chi connectivity index (χ4v) is 2.72. The lowest BCUT2D eigenvalue weighted by Gasteiger charge is -2.33. The first-order chi connectivity index (χ1) is 6.64. The normalized spacial score (nSPS) is 37.1. The van der Waals surface area contributed by atoms with E-state index in [0.717, 1.165) is 25.7 Å². The van der Waals surface area contributed by atoms with Crippen LogP contribution in [0, 0.1) is 11.3 Å². The monoisotopic (exact) mass is 197 g/mol.